The highest BCUT2D eigenvalue weighted by atomic mass is 79.9. The van der Waals surface area contributed by atoms with Crippen molar-refractivity contribution in [2.75, 3.05) is 5.33 Å². The third kappa shape index (κ3) is 3.66. The zero-order valence-electron chi connectivity index (χ0n) is 10.2. The molecule has 0 aliphatic rings. The molecule has 0 atom stereocenters. The van der Waals surface area contributed by atoms with Gasteiger partial charge in [0.1, 0.15) is 0 Å². The number of hydrogen-bond acceptors (Lipinski definition) is 2. The summed E-state index contributed by atoms with van der Waals surface area (Å²) in [6.07, 6.45) is 1.95. The highest BCUT2D eigenvalue weighted by Gasteiger charge is 2.16. The van der Waals surface area contributed by atoms with Gasteiger partial charge in [0.25, 0.3) is 5.69 Å². The van der Waals surface area contributed by atoms with Crippen LogP contribution in [0.25, 0.3) is 6.08 Å². The van der Waals surface area contributed by atoms with Gasteiger partial charge in [-0.1, -0.05) is 53.6 Å². The average molecular weight is 298 g/mol. The largest absolute Gasteiger partial charge is 0.273 e. The van der Waals surface area contributed by atoms with Crippen molar-refractivity contribution in [3.63, 3.8) is 0 Å². The Balaban J connectivity index is 3.24. The maximum atomic E-state index is 11.0. The van der Waals surface area contributed by atoms with Gasteiger partial charge in [0.15, 0.2) is 0 Å². The lowest BCUT2D eigenvalue weighted by atomic mass is 9.99. The molecule has 0 saturated carbocycles. The Morgan fingerprint density at radius 3 is 2.65 bits per heavy atom. The molecule has 3 nitrogen and oxygen atoms in total. The van der Waals surface area contributed by atoms with E-state index in [0.717, 1.165) is 22.0 Å². The van der Waals surface area contributed by atoms with Crippen molar-refractivity contribution in [2.45, 2.75) is 26.7 Å². The van der Waals surface area contributed by atoms with E-state index in [4.69, 9.17) is 0 Å². The van der Waals surface area contributed by atoms with Crippen LogP contribution in [0.15, 0.2) is 23.8 Å². The molecule has 1 aromatic rings. The molecule has 0 saturated heterocycles. The quantitative estimate of drug-likeness (QED) is 0.466. The first kappa shape index (κ1) is 13.9. The summed E-state index contributed by atoms with van der Waals surface area (Å²) in [6, 6.07) is 5.41. The lowest BCUT2D eigenvalue weighted by Crippen LogP contribution is -1.97. The zero-order valence-corrected chi connectivity index (χ0v) is 11.8. The standard InChI is InChI=1S/C13H16BrNO2/c1-9(2)12-5-4-11(6-10(3)8-14)7-13(12)15(16)17/h4-7,9H,8H2,1-3H3. The number of nitrogens with zero attached hydrogens (tertiary/aromatic N) is 1. The summed E-state index contributed by atoms with van der Waals surface area (Å²) in [5.74, 6) is 0.158. The van der Waals surface area contributed by atoms with E-state index in [9.17, 15) is 10.1 Å². The van der Waals surface area contributed by atoms with Gasteiger partial charge in [-0.25, -0.2) is 0 Å². The minimum absolute atomic E-state index is 0.158. The zero-order chi connectivity index (χ0) is 13.0. The molecular formula is C13H16BrNO2. The second-order valence-electron chi connectivity index (χ2n) is 4.35. The fourth-order valence-corrected chi connectivity index (χ4v) is 1.78. The van der Waals surface area contributed by atoms with E-state index in [1.165, 1.54) is 0 Å². The molecule has 0 aromatic heterocycles. The van der Waals surface area contributed by atoms with Crippen LogP contribution in [-0.4, -0.2) is 10.3 Å². The molecular weight excluding hydrogens is 282 g/mol. The summed E-state index contributed by atoms with van der Waals surface area (Å²) in [6.45, 7) is 5.90. The lowest BCUT2D eigenvalue weighted by Gasteiger charge is -2.07. The van der Waals surface area contributed by atoms with Crippen LogP contribution in [0.4, 0.5) is 5.69 Å². The van der Waals surface area contributed by atoms with E-state index in [1.54, 1.807) is 6.07 Å². The molecule has 0 bridgehead atoms. The minimum atomic E-state index is -0.309. The molecule has 1 rings (SSSR count). The predicted molar refractivity (Wildman–Crippen MR) is 74.6 cm³/mol. The lowest BCUT2D eigenvalue weighted by molar-refractivity contribution is -0.385. The van der Waals surface area contributed by atoms with Crippen molar-refractivity contribution >= 4 is 27.7 Å². The van der Waals surface area contributed by atoms with Gasteiger partial charge in [0, 0.05) is 17.0 Å². The molecule has 0 aliphatic heterocycles. The van der Waals surface area contributed by atoms with E-state index in [1.807, 2.05) is 39.0 Å². The van der Waals surface area contributed by atoms with Crippen LogP contribution in [0.1, 0.15) is 37.8 Å². The normalized spacial score (nSPS) is 11.9. The molecule has 4 heteroatoms. The average Bonchev–Trinajstić information content (AvgIpc) is 2.28. The fraction of sp³-hybridized carbons (Fsp3) is 0.385. The van der Waals surface area contributed by atoms with Crippen LogP contribution in [0, 0.1) is 10.1 Å². The second kappa shape index (κ2) is 5.96. The Labute approximate surface area is 110 Å². The molecule has 1 aromatic carbocycles. The molecule has 0 radical (unpaired) electrons. The third-order valence-corrected chi connectivity index (χ3v) is 3.38. The maximum absolute atomic E-state index is 11.0. The van der Waals surface area contributed by atoms with Crippen molar-refractivity contribution in [3.05, 3.63) is 45.0 Å². The van der Waals surface area contributed by atoms with Crippen LogP contribution in [0.3, 0.4) is 0 Å². The third-order valence-electron chi connectivity index (χ3n) is 2.50. The van der Waals surface area contributed by atoms with Crippen LogP contribution in [-0.2, 0) is 0 Å². The van der Waals surface area contributed by atoms with Crippen LogP contribution in [0.5, 0.6) is 0 Å². The van der Waals surface area contributed by atoms with Crippen molar-refractivity contribution in [2.24, 2.45) is 0 Å². The SMILES string of the molecule is CC(=Cc1ccc(C(C)C)c([N+](=O)[O-])c1)CBr. The molecule has 0 fully saturated rings. The first-order chi connectivity index (χ1) is 7.95. The molecule has 0 heterocycles. The Bertz CT molecular complexity index is 453. The smallest absolute Gasteiger partial charge is 0.258 e. The van der Waals surface area contributed by atoms with Gasteiger partial charge in [0.05, 0.1) is 4.92 Å². The highest BCUT2D eigenvalue weighted by molar-refractivity contribution is 9.09. The predicted octanol–water partition coefficient (Wildman–Crippen LogP) is 4.52. The highest BCUT2D eigenvalue weighted by Crippen LogP contribution is 2.28. The minimum Gasteiger partial charge on any atom is -0.258 e. The van der Waals surface area contributed by atoms with Gasteiger partial charge in [-0.3, -0.25) is 10.1 Å². The van der Waals surface area contributed by atoms with E-state index in [-0.39, 0.29) is 16.5 Å². The Kier molecular flexibility index (Phi) is 4.87. The van der Waals surface area contributed by atoms with Gasteiger partial charge in [-0.2, -0.15) is 0 Å². The van der Waals surface area contributed by atoms with Crippen molar-refractivity contribution < 1.29 is 4.92 Å². The van der Waals surface area contributed by atoms with Crippen molar-refractivity contribution in [1.82, 2.24) is 0 Å². The Morgan fingerprint density at radius 1 is 1.53 bits per heavy atom. The molecule has 92 valence electrons. The number of nitro benzene ring substituents is 1. The summed E-state index contributed by atoms with van der Waals surface area (Å²) >= 11 is 3.36. The van der Waals surface area contributed by atoms with Gasteiger partial charge in [-0.05, 0) is 18.4 Å². The summed E-state index contributed by atoms with van der Waals surface area (Å²) in [7, 11) is 0. The van der Waals surface area contributed by atoms with Crippen LogP contribution >= 0.6 is 15.9 Å². The van der Waals surface area contributed by atoms with E-state index in [0.29, 0.717) is 0 Å². The Hall–Kier alpha value is -1.16. The number of allylic oxidation sites excluding steroid dienone is 1. The molecule has 0 aliphatic carbocycles. The molecule has 0 amide bonds. The molecule has 17 heavy (non-hydrogen) atoms. The van der Waals surface area contributed by atoms with Gasteiger partial charge < -0.3 is 0 Å². The van der Waals surface area contributed by atoms with Gasteiger partial charge >= 0.3 is 0 Å². The van der Waals surface area contributed by atoms with E-state index >= 15 is 0 Å². The van der Waals surface area contributed by atoms with Crippen LogP contribution < -0.4 is 0 Å². The number of hydrogen-bond donors (Lipinski definition) is 0. The van der Waals surface area contributed by atoms with E-state index < -0.39 is 0 Å². The first-order valence-corrected chi connectivity index (χ1v) is 6.59. The number of rotatable bonds is 4. The van der Waals surface area contributed by atoms with Gasteiger partial charge in [-0.15, -0.1) is 0 Å². The number of benzene rings is 1. The maximum Gasteiger partial charge on any atom is 0.273 e. The summed E-state index contributed by atoms with van der Waals surface area (Å²) in [4.78, 5) is 10.7. The topological polar surface area (TPSA) is 43.1 Å². The number of halogens is 1. The summed E-state index contributed by atoms with van der Waals surface area (Å²) in [5.41, 5.74) is 2.99. The molecule has 0 N–H and O–H groups in total. The molecule has 0 spiro atoms. The van der Waals surface area contributed by atoms with Crippen molar-refractivity contribution in [1.29, 1.82) is 0 Å². The fourth-order valence-electron chi connectivity index (χ4n) is 1.62. The van der Waals surface area contributed by atoms with Gasteiger partial charge in [0.2, 0.25) is 0 Å². The Morgan fingerprint density at radius 2 is 2.18 bits per heavy atom. The number of nitro groups is 1. The van der Waals surface area contributed by atoms with Crippen molar-refractivity contribution in [3.8, 4) is 0 Å². The van der Waals surface area contributed by atoms with Crippen LogP contribution in [0.2, 0.25) is 0 Å². The first-order valence-electron chi connectivity index (χ1n) is 5.47. The second-order valence-corrected chi connectivity index (χ2v) is 4.92. The summed E-state index contributed by atoms with van der Waals surface area (Å²) < 4.78 is 0. The molecule has 0 unspecified atom stereocenters. The van der Waals surface area contributed by atoms with E-state index in [2.05, 4.69) is 15.9 Å². The number of alkyl halides is 1. The monoisotopic (exact) mass is 297 g/mol. The summed E-state index contributed by atoms with van der Waals surface area (Å²) in [5, 5.41) is 11.8.